The average Bonchev–Trinajstić information content (AvgIpc) is 2.13. The molecule has 1 unspecified atom stereocenters. The van der Waals surface area contributed by atoms with E-state index in [1.807, 2.05) is 6.92 Å². The minimum Gasteiger partial charge on any atom is -0.302 e. The van der Waals surface area contributed by atoms with Gasteiger partial charge in [0.15, 0.2) is 11.1 Å². The highest BCUT2D eigenvalue weighted by Gasteiger charge is 2.14. The predicted molar refractivity (Wildman–Crippen MR) is 37.3 cm³/mol. The van der Waals surface area contributed by atoms with E-state index in [0.717, 1.165) is 29.7 Å². The number of rotatable bonds is 1. The normalized spacial score (nSPS) is 22.9. The quantitative estimate of drug-likeness (QED) is 0.571. The van der Waals surface area contributed by atoms with E-state index in [9.17, 15) is 4.21 Å². The molecule has 1 atom stereocenters. The lowest BCUT2D eigenvalue weighted by atomic mass is 10.3. The molecule has 1 aliphatic rings. The number of hydrogen-bond donors (Lipinski definition) is 1. The van der Waals surface area contributed by atoms with Gasteiger partial charge in [-0.1, -0.05) is 5.57 Å². The van der Waals surface area contributed by atoms with Crippen LogP contribution in [0, 0.1) is 0 Å². The van der Waals surface area contributed by atoms with Crippen molar-refractivity contribution in [3.8, 4) is 0 Å². The Morgan fingerprint density at radius 3 is 2.44 bits per heavy atom. The second kappa shape index (κ2) is 2.62. The largest absolute Gasteiger partial charge is 0.302 e. The summed E-state index contributed by atoms with van der Waals surface area (Å²) in [5, 5.41) is 0. The summed E-state index contributed by atoms with van der Waals surface area (Å²) >= 11 is -1.69. The third-order valence-electron chi connectivity index (χ3n) is 1.64. The highest BCUT2D eigenvalue weighted by Crippen LogP contribution is 2.26. The van der Waals surface area contributed by atoms with E-state index in [2.05, 4.69) is 0 Å². The Morgan fingerprint density at radius 1 is 1.56 bits per heavy atom. The summed E-state index contributed by atoms with van der Waals surface area (Å²) in [7, 11) is 0. The lowest BCUT2D eigenvalue weighted by molar-refractivity contribution is 0.569. The van der Waals surface area contributed by atoms with Crippen molar-refractivity contribution < 1.29 is 8.76 Å². The molecule has 0 heterocycles. The second-order valence-corrected chi connectivity index (χ2v) is 3.30. The van der Waals surface area contributed by atoms with Crippen LogP contribution in [0.2, 0.25) is 0 Å². The molecule has 0 aromatic heterocycles. The molecule has 0 aliphatic heterocycles. The van der Waals surface area contributed by atoms with Gasteiger partial charge in [-0.3, -0.25) is 0 Å². The molecule has 3 heteroatoms. The fraction of sp³-hybridized carbons (Fsp3) is 0.667. The van der Waals surface area contributed by atoms with Crippen molar-refractivity contribution >= 4 is 11.1 Å². The fourth-order valence-electron chi connectivity index (χ4n) is 1.10. The zero-order chi connectivity index (χ0) is 6.85. The summed E-state index contributed by atoms with van der Waals surface area (Å²) in [5.41, 5.74) is 1.11. The highest BCUT2D eigenvalue weighted by molar-refractivity contribution is 7.83. The maximum Gasteiger partial charge on any atom is 0.182 e. The Balaban J connectivity index is 2.78. The van der Waals surface area contributed by atoms with Crippen molar-refractivity contribution in [1.82, 2.24) is 0 Å². The predicted octanol–water partition coefficient (Wildman–Crippen LogP) is 1.67. The van der Waals surface area contributed by atoms with E-state index in [4.69, 9.17) is 4.55 Å². The molecule has 0 spiro atoms. The van der Waals surface area contributed by atoms with Crippen molar-refractivity contribution in [3.05, 3.63) is 10.5 Å². The molecule has 1 rings (SSSR count). The van der Waals surface area contributed by atoms with E-state index in [1.165, 1.54) is 0 Å². The lowest BCUT2D eigenvalue weighted by Crippen LogP contribution is -1.89. The van der Waals surface area contributed by atoms with Crippen LogP contribution in [-0.2, 0) is 11.1 Å². The molecular formula is C6H10O2S. The van der Waals surface area contributed by atoms with Crippen molar-refractivity contribution in [2.75, 3.05) is 0 Å². The Labute approximate surface area is 57.2 Å². The van der Waals surface area contributed by atoms with Gasteiger partial charge in [0.1, 0.15) is 0 Å². The maximum atomic E-state index is 10.5. The van der Waals surface area contributed by atoms with Gasteiger partial charge in [0.05, 0.1) is 0 Å². The average molecular weight is 146 g/mol. The number of hydrogen-bond acceptors (Lipinski definition) is 1. The van der Waals surface area contributed by atoms with Gasteiger partial charge in [-0.2, -0.15) is 0 Å². The van der Waals surface area contributed by atoms with Crippen LogP contribution in [0.3, 0.4) is 0 Å². The summed E-state index contributed by atoms with van der Waals surface area (Å²) in [6.45, 7) is 1.93. The third kappa shape index (κ3) is 1.40. The van der Waals surface area contributed by atoms with Gasteiger partial charge in [-0.25, -0.2) is 4.21 Å². The molecule has 0 amide bonds. The fourth-order valence-corrected chi connectivity index (χ4v) is 1.82. The lowest BCUT2D eigenvalue weighted by Gasteiger charge is -1.93. The van der Waals surface area contributed by atoms with Crippen LogP contribution in [-0.4, -0.2) is 8.76 Å². The molecule has 1 N–H and O–H groups in total. The first-order chi connectivity index (χ1) is 4.22. The molecule has 1 aliphatic carbocycles. The highest BCUT2D eigenvalue weighted by atomic mass is 32.2. The Hall–Kier alpha value is -0.150. The molecule has 9 heavy (non-hydrogen) atoms. The zero-order valence-electron chi connectivity index (χ0n) is 5.39. The van der Waals surface area contributed by atoms with Gasteiger partial charge in [0.2, 0.25) is 0 Å². The standard InChI is InChI=1S/C6H10O2S/c1-5-3-2-4-6(5)9(7)8/h2-4H2,1H3,(H,7,8). The molecule has 0 aromatic carbocycles. The van der Waals surface area contributed by atoms with Gasteiger partial charge in [0, 0.05) is 4.91 Å². The van der Waals surface area contributed by atoms with Gasteiger partial charge in [-0.05, 0) is 26.2 Å². The first kappa shape index (κ1) is 6.96. The summed E-state index contributed by atoms with van der Waals surface area (Å²) in [6, 6.07) is 0. The number of allylic oxidation sites excluding steroid dienone is 2. The van der Waals surface area contributed by atoms with Crippen LogP contribution in [0.25, 0.3) is 0 Å². The van der Waals surface area contributed by atoms with Gasteiger partial charge in [-0.15, -0.1) is 0 Å². The van der Waals surface area contributed by atoms with Crippen molar-refractivity contribution in [2.45, 2.75) is 26.2 Å². The van der Waals surface area contributed by atoms with E-state index in [1.54, 1.807) is 0 Å². The van der Waals surface area contributed by atoms with Crippen LogP contribution in [0.1, 0.15) is 26.2 Å². The van der Waals surface area contributed by atoms with E-state index >= 15 is 0 Å². The summed E-state index contributed by atoms with van der Waals surface area (Å²) in [5.74, 6) is 0. The summed E-state index contributed by atoms with van der Waals surface area (Å²) in [4.78, 5) is 0.745. The van der Waals surface area contributed by atoms with Crippen molar-refractivity contribution in [1.29, 1.82) is 0 Å². The van der Waals surface area contributed by atoms with E-state index < -0.39 is 11.1 Å². The summed E-state index contributed by atoms with van der Waals surface area (Å²) < 4.78 is 19.1. The topological polar surface area (TPSA) is 37.3 Å². The van der Waals surface area contributed by atoms with E-state index in [-0.39, 0.29) is 0 Å². The van der Waals surface area contributed by atoms with Crippen LogP contribution >= 0.6 is 0 Å². The molecular weight excluding hydrogens is 136 g/mol. The molecule has 2 nitrogen and oxygen atoms in total. The Kier molecular flexibility index (Phi) is 2.03. The van der Waals surface area contributed by atoms with Crippen LogP contribution in [0.15, 0.2) is 10.5 Å². The van der Waals surface area contributed by atoms with Gasteiger partial charge < -0.3 is 4.55 Å². The molecule has 0 saturated carbocycles. The van der Waals surface area contributed by atoms with Crippen molar-refractivity contribution in [2.24, 2.45) is 0 Å². The molecule has 0 saturated heterocycles. The molecule has 0 bridgehead atoms. The van der Waals surface area contributed by atoms with Gasteiger partial charge in [0.25, 0.3) is 0 Å². The minimum absolute atomic E-state index is 0.745. The molecule has 0 aromatic rings. The Bertz CT molecular complexity index is 172. The first-order valence-corrected chi connectivity index (χ1v) is 4.12. The minimum atomic E-state index is -1.69. The molecule has 52 valence electrons. The van der Waals surface area contributed by atoms with Gasteiger partial charge >= 0.3 is 0 Å². The summed E-state index contributed by atoms with van der Waals surface area (Å²) in [6.07, 6.45) is 2.87. The monoisotopic (exact) mass is 146 g/mol. The van der Waals surface area contributed by atoms with E-state index in [0.29, 0.717) is 0 Å². The second-order valence-electron chi connectivity index (χ2n) is 2.31. The first-order valence-electron chi connectivity index (χ1n) is 3.01. The third-order valence-corrected chi connectivity index (χ3v) is 2.62. The smallest absolute Gasteiger partial charge is 0.182 e. The Morgan fingerprint density at radius 2 is 2.22 bits per heavy atom. The SMILES string of the molecule is CC1=C(S(=O)O)CCC1. The van der Waals surface area contributed by atoms with Crippen LogP contribution in [0.4, 0.5) is 0 Å². The zero-order valence-corrected chi connectivity index (χ0v) is 6.20. The van der Waals surface area contributed by atoms with Crippen molar-refractivity contribution in [3.63, 3.8) is 0 Å². The van der Waals surface area contributed by atoms with Crippen LogP contribution in [0.5, 0.6) is 0 Å². The van der Waals surface area contributed by atoms with Crippen LogP contribution < -0.4 is 0 Å². The maximum absolute atomic E-state index is 10.5. The molecule has 0 radical (unpaired) electrons. The molecule has 0 fully saturated rings.